The molecule has 0 radical (unpaired) electrons. The van der Waals surface area contributed by atoms with Gasteiger partial charge >= 0.3 is 0 Å². The Morgan fingerprint density at radius 1 is 1.50 bits per heavy atom. The molecule has 0 fully saturated rings. The number of likely N-dealkylation sites (N-methyl/N-ethyl adjacent to an activating group) is 2. The maximum Gasteiger partial charge on any atom is 0.236 e. The van der Waals surface area contributed by atoms with Crippen molar-refractivity contribution >= 4 is 5.91 Å². The van der Waals surface area contributed by atoms with Crippen LogP contribution in [0.4, 0.5) is 0 Å². The minimum Gasteiger partial charge on any atom is -0.338 e. The monoisotopic (exact) mass is 221 g/mol. The molecule has 1 atom stereocenters. The molecule has 0 bridgehead atoms. The Morgan fingerprint density at radius 2 is 2.12 bits per heavy atom. The van der Waals surface area contributed by atoms with Crippen molar-refractivity contribution in [3.8, 4) is 0 Å². The predicted molar refractivity (Wildman–Crippen MR) is 64.0 cm³/mol. The van der Waals surface area contributed by atoms with E-state index < -0.39 is 0 Å². The Bertz CT molecular complexity index is 326. The lowest BCUT2D eigenvalue weighted by Gasteiger charge is -2.25. The number of hydrogen-bond acceptors (Lipinski definition) is 3. The Hall–Kier alpha value is -1.42. The number of nitrogens with one attached hydrogen (secondary N) is 1. The first-order valence-electron chi connectivity index (χ1n) is 5.53. The molecule has 0 aromatic carbocycles. The summed E-state index contributed by atoms with van der Waals surface area (Å²) in [6.45, 7) is 5.20. The van der Waals surface area contributed by atoms with Gasteiger partial charge in [0.15, 0.2) is 0 Å². The summed E-state index contributed by atoms with van der Waals surface area (Å²) in [5.74, 6) is 0.103. The van der Waals surface area contributed by atoms with Crippen LogP contribution in [0.15, 0.2) is 24.5 Å². The fourth-order valence-corrected chi connectivity index (χ4v) is 1.44. The molecule has 1 heterocycles. The molecule has 1 aromatic rings. The summed E-state index contributed by atoms with van der Waals surface area (Å²) in [6.07, 6.45) is 3.49. The van der Waals surface area contributed by atoms with Crippen molar-refractivity contribution in [2.24, 2.45) is 0 Å². The highest BCUT2D eigenvalue weighted by atomic mass is 16.2. The van der Waals surface area contributed by atoms with Crippen LogP contribution < -0.4 is 5.32 Å². The lowest BCUT2D eigenvalue weighted by Crippen LogP contribution is -2.37. The first-order chi connectivity index (χ1) is 7.66. The zero-order valence-electron chi connectivity index (χ0n) is 10.1. The second kappa shape index (κ2) is 6.23. The Kier molecular flexibility index (Phi) is 4.92. The standard InChI is InChI=1S/C12H19N3O/c1-4-13-9-12(16)15(3)10(2)11-5-7-14-8-6-11/h5-8,10,13H,4,9H2,1-3H3. The van der Waals surface area contributed by atoms with Gasteiger partial charge < -0.3 is 10.2 Å². The maximum absolute atomic E-state index is 11.8. The maximum atomic E-state index is 11.8. The molecule has 0 spiro atoms. The molecule has 0 saturated carbocycles. The quantitative estimate of drug-likeness (QED) is 0.813. The highest BCUT2D eigenvalue weighted by Gasteiger charge is 2.16. The highest BCUT2D eigenvalue weighted by Crippen LogP contribution is 2.17. The Morgan fingerprint density at radius 3 is 2.69 bits per heavy atom. The SMILES string of the molecule is CCNCC(=O)N(C)C(C)c1ccncc1. The number of hydrogen-bond donors (Lipinski definition) is 1. The summed E-state index contributed by atoms with van der Waals surface area (Å²) < 4.78 is 0. The number of nitrogens with zero attached hydrogens (tertiary/aromatic N) is 2. The Labute approximate surface area is 96.7 Å². The summed E-state index contributed by atoms with van der Waals surface area (Å²) >= 11 is 0. The first-order valence-corrected chi connectivity index (χ1v) is 5.53. The molecule has 0 saturated heterocycles. The Balaban J connectivity index is 2.60. The zero-order chi connectivity index (χ0) is 12.0. The average Bonchev–Trinajstić information content (AvgIpc) is 2.35. The van der Waals surface area contributed by atoms with Gasteiger partial charge in [-0.2, -0.15) is 0 Å². The van der Waals surface area contributed by atoms with Gasteiger partial charge in [0.25, 0.3) is 0 Å². The van der Waals surface area contributed by atoms with Crippen molar-refractivity contribution < 1.29 is 4.79 Å². The third-order valence-electron chi connectivity index (χ3n) is 2.69. The first kappa shape index (κ1) is 12.6. The van der Waals surface area contributed by atoms with Crippen LogP contribution in [0.2, 0.25) is 0 Å². The van der Waals surface area contributed by atoms with Gasteiger partial charge in [-0.15, -0.1) is 0 Å². The minimum atomic E-state index is 0.0779. The predicted octanol–water partition coefficient (Wildman–Crippen LogP) is 1.21. The van der Waals surface area contributed by atoms with E-state index in [-0.39, 0.29) is 11.9 Å². The van der Waals surface area contributed by atoms with E-state index in [1.807, 2.05) is 33.0 Å². The zero-order valence-corrected chi connectivity index (χ0v) is 10.1. The third kappa shape index (κ3) is 3.31. The highest BCUT2D eigenvalue weighted by molar-refractivity contribution is 5.78. The van der Waals surface area contributed by atoms with E-state index in [9.17, 15) is 4.79 Å². The average molecular weight is 221 g/mol. The van der Waals surface area contributed by atoms with Gasteiger partial charge in [0.05, 0.1) is 12.6 Å². The molecule has 1 N–H and O–H groups in total. The topological polar surface area (TPSA) is 45.2 Å². The van der Waals surface area contributed by atoms with Gasteiger partial charge in [-0.1, -0.05) is 6.92 Å². The molecular weight excluding hydrogens is 202 g/mol. The van der Waals surface area contributed by atoms with Crippen LogP contribution in [0, 0.1) is 0 Å². The van der Waals surface area contributed by atoms with Crippen LogP contribution in [-0.4, -0.2) is 35.9 Å². The fourth-order valence-electron chi connectivity index (χ4n) is 1.44. The largest absolute Gasteiger partial charge is 0.338 e. The van der Waals surface area contributed by atoms with E-state index in [1.54, 1.807) is 17.3 Å². The summed E-state index contributed by atoms with van der Waals surface area (Å²) in [5.41, 5.74) is 1.10. The normalized spacial score (nSPS) is 12.2. The van der Waals surface area contributed by atoms with Gasteiger partial charge in [-0.05, 0) is 31.2 Å². The van der Waals surface area contributed by atoms with Crippen LogP contribution in [-0.2, 0) is 4.79 Å². The van der Waals surface area contributed by atoms with E-state index >= 15 is 0 Å². The van der Waals surface area contributed by atoms with Gasteiger partial charge in [-0.3, -0.25) is 9.78 Å². The van der Waals surface area contributed by atoms with Crippen LogP contribution in [0.3, 0.4) is 0 Å². The van der Waals surface area contributed by atoms with E-state index in [4.69, 9.17) is 0 Å². The summed E-state index contributed by atoms with van der Waals surface area (Å²) in [4.78, 5) is 17.5. The van der Waals surface area contributed by atoms with E-state index in [0.29, 0.717) is 6.54 Å². The number of pyridine rings is 1. The molecule has 0 aliphatic carbocycles. The van der Waals surface area contributed by atoms with Gasteiger partial charge in [0.2, 0.25) is 5.91 Å². The number of aromatic nitrogens is 1. The van der Waals surface area contributed by atoms with Crippen molar-refractivity contribution in [1.82, 2.24) is 15.2 Å². The number of rotatable bonds is 5. The molecule has 88 valence electrons. The number of carbonyl (C=O) groups excluding carboxylic acids is 1. The van der Waals surface area contributed by atoms with Crippen LogP contribution >= 0.6 is 0 Å². The van der Waals surface area contributed by atoms with E-state index in [0.717, 1.165) is 12.1 Å². The van der Waals surface area contributed by atoms with Gasteiger partial charge in [0, 0.05) is 19.4 Å². The second-order valence-electron chi connectivity index (χ2n) is 3.74. The lowest BCUT2D eigenvalue weighted by atomic mass is 10.1. The molecule has 0 aliphatic rings. The van der Waals surface area contributed by atoms with Crippen LogP contribution in [0.25, 0.3) is 0 Å². The van der Waals surface area contributed by atoms with E-state index in [2.05, 4.69) is 10.3 Å². The lowest BCUT2D eigenvalue weighted by molar-refractivity contribution is -0.130. The van der Waals surface area contributed by atoms with Crippen molar-refractivity contribution in [2.45, 2.75) is 19.9 Å². The number of carbonyl (C=O) groups is 1. The van der Waals surface area contributed by atoms with Crippen LogP contribution in [0.5, 0.6) is 0 Å². The summed E-state index contributed by atoms with van der Waals surface area (Å²) in [5, 5.41) is 3.03. The van der Waals surface area contributed by atoms with Crippen molar-refractivity contribution in [3.63, 3.8) is 0 Å². The van der Waals surface area contributed by atoms with Gasteiger partial charge in [0.1, 0.15) is 0 Å². The molecule has 16 heavy (non-hydrogen) atoms. The smallest absolute Gasteiger partial charge is 0.236 e. The third-order valence-corrected chi connectivity index (χ3v) is 2.69. The summed E-state index contributed by atoms with van der Waals surface area (Å²) in [7, 11) is 1.82. The molecule has 4 heteroatoms. The molecule has 1 aromatic heterocycles. The van der Waals surface area contributed by atoms with Crippen molar-refractivity contribution in [2.75, 3.05) is 20.1 Å². The molecule has 1 amide bonds. The summed E-state index contributed by atoms with van der Waals surface area (Å²) in [6, 6.07) is 3.94. The van der Waals surface area contributed by atoms with Crippen molar-refractivity contribution in [1.29, 1.82) is 0 Å². The molecule has 4 nitrogen and oxygen atoms in total. The minimum absolute atomic E-state index is 0.0779. The molecule has 1 unspecified atom stereocenters. The molecule has 0 aliphatic heterocycles. The molecule has 1 rings (SSSR count). The fraction of sp³-hybridized carbons (Fsp3) is 0.500. The second-order valence-corrected chi connectivity index (χ2v) is 3.74. The van der Waals surface area contributed by atoms with E-state index in [1.165, 1.54) is 0 Å². The van der Waals surface area contributed by atoms with Crippen LogP contribution in [0.1, 0.15) is 25.5 Å². The number of amides is 1. The van der Waals surface area contributed by atoms with Crippen molar-refractivity contribution in [3.05, 3.63) is 30.1 Å². The van der Waals surface area contributed by atoms with Gasteiger partial charge in [-0.25, -0.2) is 0 Å². The molecular formula is C12H19N3O.